The molecule has 0 fully saturated rings. The molecule has 0 heterocycles. The van der Waals surface area contributed by atoms with Gasteiger partial charge in [0.15, 0.2) is 5.75 Å². The van der Waals surface area contributed by atoms with Crippen molar-refractivity contribution in [2.45, 2.75) is 33.0 Å². The van der Waals surface area contributed by atoms with Gasteiger partial charge >= 0.3 is 5.97 Å². The molecule has 2 rings (SSSR count). The zero-order valence-electron chi connectivity index (χ0n) is 19.1. The van der Waals surface area contributed by atoms with Gasteiger partial charge in [-0.2, -0.15) is 0 Å². The van der Waals surface area contributed by atoms with Crippen molar-refractivity contribution in [3.8, 4) is 17.2 Å². The smallest absolute Gasteiger partial charge is 0.328 e. The lowest BCUT2D eigenvalue weighted by Gasteiger charge is -2.21. The highest BCUT2D eigenvalue weighted by atomic mass is 79.9. The first kappa shape index (κ1) is 27.4. The topological polar surface area (TPSA) is 102 Å². The van der Waals surface area contributed by atoms with Crippen molar-refractivity contribution in [3.63, 3.8) is 0 Å². The summed E-state index contributed by atoms with van der Waals surface area (Å²) in [6.07, 6.45) is 0.450. The van der Waals surface area contributed by atoms with Gasteiger partial charge in [-0.25, -0.2) is 4.79 Å². The molecule has 7 nitrogen and oxygen atoms in total. The molecule has 180 valence electrons. The molecule has 0 radical (unpaired) electrons. The SMILES string of the molecule is CCOC(=O)C(NC(=O)c1cc(Oc2c(Br)cc(CP(C)(C)=O)cc2Br)ccc1O)C(C)C. The van der Waals surface area contributed by atoms with E-state index >= 15 is 0 Å². The molecular formula is C23H28Br2NO6P. The summed E-state index contributed by atoms with van der Waals surface area (Å²) >= 11 is 6.96. The van der Waals surface area contributed by atoms with E-state index in [0.717, 1.165) is 5.56 Å². The first-order chi connectivity index (χ1) is 15.3. The minimum absolute atomic E-state index is 0.0378. The highest BCUT2D eigenvalue weighted by molar-refractivity contribution is 9.11. The number of halogens is 2. The summed E-state index contributed by atoms with van der Waals surface area (Å²) < 4.78 is 24.4. The molecule has 2 aromatic carbocycles. The lowest BCUT2D eigenvalue weighted by atomic mass is 10.0. The molecule has 10 heteroatoms. The Morgan fingerprint density at radius 2 is 1.73 bits per heavy atom. The maximum Gasteiger partial charge on any atom is 0.328 e. The van der Waals surface area contributed by atoms with E-state index in [4.69, 9.17) is 9.47 Å². The van der Waals surface area contributed by atoms with Crippen LogP contribution in [0.2, 0.25) is 0 Å². The van der Waals surface area contributed by atoms with Crippen LogP contribution in [-0.2, 0) is 20.3 Å². The number of hydrogen-bond acceptors (Lipinski definition) is 6. The molecule has 1 unspecified atom stereocenters. The molecule has 2 aromatic rings. The zero-order chi connectivity index (χ0) is 24.9. The Morgan fingerprint density at radius 1 is 1.12 bits per heavy atom. The summed E-state index contributed by atoms with van der Waals surface area (Å²) in [6, 6.07) is 7.08. The molecule has 33 heavy (non-hydrogen) atoms. The van der Waals surface area contributed by atoms with Crippen molar-refractivity contribution >= 4 is 50.9 Å². The van der Waals surface area contributed by atoms with Crippen LogP contribution in [0.1, 0.15) is 36.7 Å². The third-order valence-electron chi connectivity index (χ3n) is 4.55. The molecule has 0 saturated carbocycles. The van der Waals surface area contributed by atoms with Gasteiger partial charge < -0.3 is 24.5 Å². The van der Waals surface area contributed by atoms with Crippen molar-refractivity contribution < 1.29 is 28.7 Å². The van der Waals surface area contributed by atoms with Crippen LogP contribution in [0.3, 0.4) is 0 Å². The predicted molar refractivity (Wildman–Crippen MR) is 136 cm³/mol. The third kappa shape index (κ3) is 7.87. The number of rotatable bonds is 9. The first-order valence-corrected chi connectivity index (χ1v) is 14.7. The summed E-state index contributed by atoms with van der Waals surface area (Å²) in [5.41, 5.74) is 0.850. The number of phenolic OH excluding ortho intramolecular Hbond substituents is 1. The Morgan fingerprint density at radius 3 is 2.24 bits per heavy atom. The van der Waals surface area contributed by atoms with Gasteiger partial charge in [-0.3, -0.25) is 4.79 Å². The van der Waals surface area contributed by atoms with Crippen molar-refractivity contribution in [1.82, 2.24) is 5.32 Å². The van der Waals surface area contributed by atoms with Crippen LogP contribution < -0.4 is 10.1 Å². The number of amides is 1. The number of ether oxygens (including phenoxy) is 2. The van der Waals surface area contributed by atoms with E-state index in [1.165, 1.54) is 18.2 Å². The maximum atomic E-state index is 12.8. The van der Waals surface area contributed by atoms with Gasteiger partial charge in [0.2, 0.25) is 0 Å². The number of benzene rings is 2. The fourth-order valence-corrected chi connectivity index (χ4v) is 5.57. The van der Waals surface area contributed by atoms with Gasteiger partial charge in [-0.15, -0.1) is 0 Å². The number of esters is 1. The van der Waals surface area contributed by atoms with Crippen molar-refractivity contribution in [2.75, 3.05) is 19.9 Å². The van der Waals surface area contributed by atoms with E-state index in [1.807, 2.05) is 12.1 Å². The van der Waals surface area contributed by atoms with E-state index in [0.29, 0.717) is 26.6 Å². The zero-order valence-corrected chi connectivity index (χ0v) is 23.2. The lowest BCUT2D eigenvalue weighted by molar-refractivity contribution is -0.146. The van der Waals surface area contributed by atoms with Gasteiger partial charge in [-0.1, -0.05) is 13.8 Å². The van der Waals surface area contributed by atoms with E-state index in [9.17, 15) is 19.3 Å². The number of hydrogen-bond donors (Lipinski definition) is 2. The Balaban J connectivity index is 2.29. The monoisotopic (exact) mass is 603 g/mol. The second kappa shape index (κ2) is 11.5. The van der Waals surface area contributed by atoms with Crippen LogP contribution in [0.5, 0.6) is 17.2 Å². The molecule has 0 saturated heterocycles. The van der Waals surface area contributed by atoms with Crippen LogP contribution >= 0.6 is 39.0 Å². The average Bonchev–Trinajstić information content (AvgIpc) is 2.68. The van der Waals surface area contributed by atoms with E-state index in [2.05, 4.69) is 37.2 Å². The van der Waals surface area contributed by atoms with Crippen LogP contribution in [0, 0.1) is 5.92 Å². The van der Waals surface area contributed by atoms with Crippen molar-refractivity contribution in [1.29, 1.82) is 0 Å². The molecular weight excluding hydrogens is 577 g/mol. The summed E-state index contributed by atoms with van der Waals surface area (Å²) in [7, 11) is -2.25. The maximum absolute atomic E-state index is 12.8. The standard InChI is InChI=1S/C23H28Br2NO6P/c1-6-31-23(29)20(13(2)3)26-22(28)16-11-15(7-8-19(16)27)32-21-17(24)9-14(10-18(21)25)12-33(4,5)30/h7-11,13,20,27H,6,12H2,1-5H3,(H,26,28). The molecule has 0 aromatic heterocycles. The fourth-order valence-electron chi connectivity index (χ4n) is 3.07. The summed E-state index contributed by atoms with van der Waals surface area (Å²) in [4.78, 5) is 25.0. The highest BCUT2D eigenvalue weighted by Crippen LogP contribution is 2.44. The van der Waals surface area contributed by atoms with E-state index < -0.39 is 25.1 Å². The quantitative estimate of drug-likeness (QED) is 0.263. The molecule has 2 N–H and O–H groups in total. The van der Waals surface area contributed by atoms with Gasteiger partial charge in [0, 0.05) is 6.16 Å². The average molecular weight is 605 g/mol. The molecule has 0 aliphatic carbocycles. The van der Waals surface area contributed by atoms with E-state index in [1.54, 1.807) is 34.1 Å². The van der Waals surface area contributed by atoms with Gasteiger partial charge in [-0.05, 0) is 93.9 Å². The summed E-state index contributed by atoms with van der Waals surface area (Å²) in [5, 5.41) is 12.9. The van der Waals surface area contributed by atoms with Crippen molar-refractivity contribution in [3.05, 3.63) is 50.4 Å². The van der Waals surface area contributed by atoms with Gasteiger partial charge in [0.1, 0.15) is 17.5 Å². The summed E-state index contributed by atoms with van der Waals surface area (Å²) in [6.45, 7) is 8.92. The summed E-state index contributed by atoms with van der Waals surface area (Å²) in [5.74, 6) is -0.850. The second-order valence-electron chi connectivity index (χ2n) is 8.35. The largest absolute Gasteiger partial charge is 0.507 e. The Kier molecular flexibility index (Phi) is 9.58. The number of nitrogens with one attached hydrogen (secondary N) is 1. The first-order valence-electron chi connectivity index (χ1n) is 10.3. The molecule has 0 aliphatic heterocycles. The van der Waals surface area contributed by atoms with Gasteiger partial charge in [0.05, 0.1) is 28.3 Å². The number of carbonyl (C=O) groups is 2. The van der Waals surface area contributed by atoms with E-state index in [-0.39, 0.29) is 23.8 Å². The minimum atomic E-state index is -2.25. The molecule has 1 atom stereocenters. The third-order valence-corrected chi connectivity index (χ3v) is 6.85. The lowest BCUT2D eigenvalue weighted by Crippen LogP contribution is -2.45. The Bertz CT molecular complexity index is 1060. The van der Waals surface area contributed by atoms with Crippen LogP contribution in [0.25, 0.3) is 0 Å². The highest BCUT2D eigenvalue weighted by Gasteiger charge is 2.27. The predicted octanol–water partition coefficient (Wildman–Crippen LogP) is 6.15. The molecule has 0 aliphatic rings. The van der Waals surface area contributed by atoms with Gasteiger partial charge in [0.25, 0.3) is 5.91 Å². The molecule has 0 spiro atoms. The normalized spacial score (nSPS) is 12.4. The number of carbonyl (C=O) groups excluding carboxylic acids is 2. The second-order valence-corrected chi connectivity index (χ2v) is 13.5. The minimum Gasteiger partial charge on any atom is -0.507 e. The van der Waals surface area contributed by atoms with Crippen LogP contribution in [0.15, 0.2) is 39.3 Å². The fraction of sp³-hybridized carbons (Fsp3) is 0.391. The van der Waals surface area contributed by atoms with Crippen LogP contribution in [-0.4, -0.2) is 43.0 Å². The molecule has 1 amide bonds. The Labute approximate surface area is 210 Å². The molecule has 0 bridgehead atoms. The van der Waals surface area contributed by atoms with Crippen LogP contribution in [0.4, 0.5) is 0 Å². The number of phenols is 1. The number of aromatic hydroxyl groups is 1. The van der Waals surface area contributed by atoms with Crippen molar-refractivity contribution in [2.24, 2.45) is 5.92 Å². The Hall–Kier alpha value is -1.83.